The molecule has 0 heterocycles. The number of primary amides is 1. The van der Waals surface area contributed by atoms with Gasteiger partial charge in [0.15, 0.2) is 0 Å². The van der Waals surface area contributed by atoms with Crippen LogP contribution in [0.2, 0.25) is 0 Å². The standard InChI is InChI=1S/C10H17N3O2S/c11-8(14)6-13(7-3-1-2-4-7)10(15)5-9(12)16/h7H,1-6H2,(H2,11,14)(H2,12,16). The second kappa shape index (κ2) is 5.79. The molecule has 1 aliphatic rings. The van der Waals surface area contributed by atoms with Gasteiger partial charge in [-0.3, -0.25) is 9.59 Å². The van der Waals surface area contributed by atoms with E-state index in [0.29, 0.717) is 0 Å². The van der Waals surface area contributed by atoms with E-state index in [0.717, 1.165) is 25.7 Å². The van der Waals surface area contributed by atoms with Crippen molar-refractivity contribution in [3.05, 3.63) is 0 Å². The molecule has 0 spiro atoms. The summed E-state index contributed by atoms with van der Waals surface area (Å²) in [6, 6.07) is 0.120. The molecule has 0 aromatic heterocycles. The van der Waals surface area contributed by atoms with Crippen LogP contribution in [0.15, 0.2) is 0 Å². The van der Waals surface area contributed by atoms with Gasteiger partial charge in [0.2, 0.25) is 11.8 Å². The van der Waals surface area contributed by atoms with Crippen LogP contribution < -0.4 is 11.5 Å². The third kappa shape index (κ3) is 3.77. The lowest BCUT2D eigenvalue weighted by atomic mass is 10.2. The summed E-state index contributed by atoms with van der Waals surface area (Å²) in [6.07, 6.45) is 4.03. The lowest BCUT2D eigenvalue weighted by Gasteiger charge is -2.27. The van der Waals surface area contributed by atoms with Crippen molar-refractivity contribution in [1.29, 1.82) is 0 Å². The van der Waals surface area contributed by atoms with E-state index >= 15 is 0 Å². The number of thiocarbonyl (C=S) groups is 1. The smallest absolute Gasteiger partial charge is 0.237 e. The highest BCUT2D eigenvalue weighted by Crippen LogP contribution is 2.23. The molecule has 1 fully saturated rings. The maximum absolute atomic E-state index is 11.8. The van der Waals surface area contributed by atoms with Crippen molar-refractivity contribution in [3.8, 4) is 0 Å². The second-order valence-corrected chi connectivity index (χ2v) is 4.59. The average Bonchev–Trinajstić information content (AvgIpc) is 2.64. The van der Waals surface area contributed by atoms with Gasteiger partial charge < -0.3 is 16.4 Å². The van der Waals surface area contributed by atoms with Gasteiger partial charge in [-0.15, -0.1) is 0 Å². The van der Waals surface area contributed by atoms with Crippen molar-refractivity contribution in [2.75, 3.05) is 6.54 Å². The summed E-state index contributed by atoms with van der Waals surface area (Å²) in [6.45, 7) is -0.0356. The average molecular weight is 243 g/mol. The summed E-state index contributed by atoms with van der Waals surface area (Å²) < 4.78 is 0. The van der Waals surface area contributed by atoms with Crippen LogP contribution in [0, 0.1) is 0 Å². The Kier molecular flexibility index (Phi) is 4.67. The Labute approximate surface area is 100 Å². The molecule has 0 aromatic carbocycles. The molecule has 90 valence electrons. The first-order chi connectivity index (χ1) is 7.50. The van der Waals surface area contributed by atoms with Gasteiger partial charge in [-0.05, 0) is 12.8 Å². The second-order valence-electron chi connectivity index (χ2n) is 4.07. The Morgan fingerprint density at radius 2 is 1.81 bits per heavy atom. The van der Waals surface area contributed by atoms with Gasteiger partial charge in [0, 0.05) is 6.04 Å². The van der Waals surface area contributed by atoms with Gasteiger partial charge >= 0.3 is 0 Å². The Morgan fingerprint density at radius 3 is 2.25 bits per heavy atom. The van der Waals surface area contributed by atoms with Crippen LogP contribution in [0.3, 0.4) is 0 Å². The van der Waals surface area contributed by atoms with Crippen molar-refractivity contribution in [2.24, 2.45) is 11.5 Å². The zero-order chi connectivity index (χ0) is 12.1. The minimum Gasteiger partial charge on any atom is -0.393 e. The molecule has 0 aliphatic heterocycles. The molecule has 0 atom stereocenters. The van der Waals surface area contributed by atoms with Crippen LogP contribution in [0.5, 0.6) is 0 Å². The van der Waals surface area contributed by atoms with E-state index in [1.807, 2.05) is 0 Å². The number of nitrogens with zero attached hydrogens (tertiary/aromatic N) is 1. The molecule has 0 aromatic rings. The van der Waals surface area contributed by atoms with Crippen LogP contribution in [0.1, 0.15) is 32.1 Å². The molecule has 1 aliphatic carbocycles. The number of hydrogen-bond acceptors (Lipinski definition) is 3. The van der Waals surface area contributed by atoms with E-state index in [4.69, 9.17) is 23.7 Å². The number of nitrogens with two attached hydrogens (primary N) is 2. The molecule has 5 nitrogen and oxygen atoms in total. The molecule has 0 bridgehead atoms. The number of carbonyl (C=O) groups excluding carboxylic acids is 2. The van der Waals surface area contributed by atoms with E-state index in [-0.39, 0.29) is 29.9 Å². The maximum atomic E-state index is 11.8. The number of hydrogen-bond donors (Lipinski definition) is 2. The van der Waals surface area contributed by atoms with Crippen molar-refractivity contribution in [3.63, 3.8) is 0 Å². The predicted octanol–water partition coefficient (Wildman–Crippen LogP) is -0.0809. The maximum Gasteiger partial charge on any atom is 0.237 e. The van der Waals surface area contributed by atoms with E-state index in [2.05, 4.69) is 0 Å². The molecule has 16 heavy (non-hydrogen) atoms. The normalized spacial score (nSPS) is 16.0. The first-order valence-electron chi connectivity index (χ1n) is 5.36. The zero-order valence-corrected chi connectivity index (χ0v) is 9.96. The van der Waals surface area contributed by atoms with E-state index in [1.54, 1.807) is 0 Å². The van der Waals surface area contributed by atoms with Gasteiger partial charge in [-0.2, -0.15) is 0 Å². The van der Waals surface area contributed by atoms with Gasteiger partial charge in [0.1, 0.15) is 0 Å². The summed E-state index contributed by atoms with van der Waals surface area (Å²) in [7, 11) is 0. The van der Waals surface area contributed by atoms with Gasteiger partial charge in [0.05, 0.1) is 18.0 Å². The monoisotopic (exact) mass is 243 g/mol. The van der Waals surface area contributed by atoms with E-state index in [1.165, 1.54) is 4.90 Å². The molecule has 2 amide bonds. The predicted molar refractivity (Wildman–Crippen MR) is 64.6 cm³/mol. The molecule has 6 heteroatoms. The topological polar surface area (TPSA) is 89.4 Å². The van der Waals surface area contributed by atoms with Crippen LogP contribution in [0.25, 0.3) is 0 Å². The third-order valence-electron chi connectivity index (χ3n) is 2.74. The molecule has 0 radical (unpaired) electrons. The van der Waals surface area contributed by atoms with Gasteiger partial charge in [-0.1, -0.05) is 25.1 Å². The number of amides is 2. The molecule has 4 N–H and O–H groups in total. The minimum absolute atomic E-state index is 0.0130. The summed E-state index contributed by atoms with van der Waals surface area (Å²) >= 11 is 4.69. The third-order valence-corrected chi connectivity index (χ3v) is 2.88. The fourth-order valence-corrected chi connectivity index (χ4v) is 2.18. The highest BCUT2D eigenvalue weighted by molar-refractivity contribution is 7.80. The summed E-state index contributed by atoms with van der Waals surface area (Å²) in [5.41, 5.74) is 10.5. The van der Waals surface area contributed by atoms with E-state index < -0.39 is 5.91 Å². The van der Waals surface area contributed by atoms with Gasteiger partial charge in [-0.25, -0.2) is 0 Å². The largest absolute Gasteiger partial charge is 0.393 e. The van der Waals surface area contributed by atoms with Crippen molar-refractivity contribution < 1.29 is 9.59 Å². The summed E-state index contributed by atoms with van der Waals surface area (Å²) in [5, 5.41) is 0. The number of carbonyl (C=O) groups is 2. The van der Waals surface area contributed by atoms with E-state index in [9.17, 15) is 9.59 Å². The summed E-state index contributed by atoms with van der Waals surface area (Å²) in [5.74, 6) is -0.693. The number of rotatable bonds is 5. The molecule has 0 saturated heterocycles. The lowest BCUT2D eigenvalue weighted by Crippen LogP contribution is -2.45. The van der Waals surface area contributed by atoms with Crippen LogP contribution >= 0.6 is 12.2 Å². The summed E-state index contributed by atoms with van der Waals surface area (Å²) in [4.78, 5) is 24.4. The molecule has 1 rings (SSSR count). The quantitative estimate of drug-likeness (QED) is 0.661. The Hall–Kier alpha value is -1.17. The molecule has 0 unspecified atom stereocenters. The van der Waals surface area contributed by atoms with Crippen LogP contribution in [-0.2, 0) is 9.59 Å². The van der Waals surface area contributed by atoms with Crippen molar-refractivity contribution in [2.45, 2.75) is 38.1 Å². The van der Waals surface area contributed by atoms with Gasteiger partial charge in [0.25, 0.3) is 0 Å². The zero-order valence-electron chi connectivity index (χ0n) is 9.15. The Bertz CT molecular complexity index is 300. The Balaban J connectivity index is 2.65. The molecule has 1 saturated carbocycles. The van der Waals surface area contributed by atoms with Crippen LogP contribution in [0.4, 0.5) is 0 Å². The highest BCUT2D eigenvalue weighted by Gasteiger charge is 2.27. The molecular formula is C10H17N3O2S. The first-order valence-corrected chi connectivity index (χ1v) is 5.77. The SMILES string of the molecule is NC(=O)CN(C(=O)CC(N)=S)C1CCCC1. The van der Waals surface area contributed by atoms with Crippen molar-refractivity contribution >= 4 is 29.0 Å². The van der Waals surface area contributed by atoms with Crippen LogP contribution in [-0.4, -0.2) is 34.3 Å². The Morgan fingerprint density at radius 1 is 1.25 bits per heavy atom. The molecular weight excluding hydrogens is 226 g/mol. The minimum atomic E-state index is -0.497. The van der Waals surface area contributed by atoms with Crippen molar-refractivity contribution in [1.82, 2.24) is 4.90 Å². The lowest BCUT2D eigenvalue weighted by molar-refractivity contribution is -0.136. The first kappa shape index (κ1) is 12.9. The highest BCUT2D eigenvalue weighted by atomic mass is 32.1. The fraction of sp³-hybridized carbons (Fsp3) is 0.700. The fourth-order valence-electron chi connectivity index (χ4n) is 2.06.